The number of hydrogen-bond acceptors (Lipinski definition) is 2. The van der Waals surface area contributed by atoms with Crippen LogP contribution >= 0.6 is 11.8 Å². The Bertz CT molecular complexity index is 530. The van der Waals surface area contributed by atoms with Gasteiger partial charge in [0.25, 0.3) is 0 Å². The predicted molar refractivity (Wildman–Crippen MR) is 91.2 cm³/mol. The number of benzene rings is 1. The molecule has 3 aliphatic rings. The van der Waals surface area contributed by atoms with Crippen molar-refractivity contribution in [1.82, 2.24) is 0 Å². The molecule has 1 saturated carbocycles. The van der Waals surface area contributed by atoms with E-state index in [9.17, 15) is 0 Å². The van der Waals surface area contributed by atoms with Gasteiger partial charge in [-0.15, -0.1) is 0 Å². The Hall–Kier alpha value is -1.15. The highest BCUT2D eigenvalue weighted by molar-refractivity contribution is 8.03. The maximum atomic E-state index is 2.38. The van der Waals surface area contributed by atoms with E-state index in [1.165, 1.54) is 22.7 Å². The summed E-state index contributed by atoms with van der Waals surface area (Å²) in [4.78, 5) is 5.34. The zero-order valence-electron chi connectivity index (χ0n) is 13.2. The van der Waals surface area contributed by atoms with Crippen molar-refractivity contribution < 1.29 is 0 Å². The SMILES string of the molecule is CC.CC.CN1C2=C(Sc3ccccc31)C1CC1C=C2. The second-order valence-electron chi connectivity index (χ2n) is 4.74. The van der Waals surface area contributed by atoms with Gasteiger partial charge >= 0.3 is 0 Å². The molecule has 0 spiro atoms. The van der Waals surface area contributed by atoms with Gasteiger partial charge < -0.3 is 4.90 Å². The van der Waals surface area contributed by atoms with Crippen molar-refractivity contribution in [3.8, 4) is 0 Å². The van der Waals surface area contributed by atoms with Crippen LogP contribution in [-0.4, -0.2) is 7.05 Å². The van der Waals surface area contributed by atoms with Crippen LogP contribution in [-0.2, 0) is 0 Å². The Balaban J connectivity index is 0.000000340. The monoisotopic (exact) mass is 287 g/mol. The quantitative estimate of drug-likeness (QED) is 0.602. The van der Waals surface area contributed by atoms with E-state index in [0.29, 0.717) is 0 Å². The summed E-state index contributed by atoms with van der Waals surface area (Å²) in [5, 5.41) is 0. The average molecular weight is 287 g/mol. The summed E-state index contributed by atoms with van der Waals surface area (Å²) in [6, 6.07) is 8.69. The first-order valence-electron chi connectivity index (χ1n) is 7.77. The number of allylic oxidation sites excluding steroid dienone is 3. The van der Waals surface area contributed by atoms with Crippen molar-refractivity contribution in [2.75, 3.05) is 11.9 Å². The second kappa shape index (κ2) is 6.53. The Labute approximate surface area is 127 Å². The number of para-hydroxylation sites is 1. The average Bonchev–Trinajstić information content (AvgIpc) is 3.32. The molecule has 1 fully saturated rings. The molecule has 0 aromatic heterocycles. The first-order chi connectivity index (χ1) is 9.84. The van der Waals surface area contributed by atoms with Gasteiger partial charge in [-0.1, -0.05) is 57.7 Å². The number of hydrogen-bond donors (Lipinski definition) is 0. The smallest absolute Gasteiger partial charge is 0.0550 e. The minimum atomic E-state index is 0.820. The van der Waals surface area contributed by atoms with Crippen LogP contribution < -0.4 is 4.90 Å². The normalized spacial score (nSPS) is 24.4. The maximum Gasteiger partial charge on any atom is 0.0550 e. The molecule has 4 rings (SSSR count). The van der Waals surface area contributed by atoms with Gasteiger partial charge in [-0.25, -0.2) is 0 Å². The van der Waals surface area contributed by atoms with Gasteiger partial charge in [0.05, 0.1) is 11.4 Å². The summed E-state index contributed by atoms with van der Waals surface area (Å²) in [5.74, 6) is 1.66. The lowest BCUT2D eigenvalue weighted by molar-refractivity contribution is 0.915. The molecule has 0 radical (unpaired) electrons. The molecule has 0 saturated heterocycles. The van der Waals surface area contributed by atoms with Gasteiger partial charge in [-0.3, -0.25) is 0 Å². The molecule has 2 heteroatoms. The summed E-state index contributed by atoms with van der Waals surface area (Å²) < 4.78 is 0. The Kier molecular flexibility index (Phi) is 4.98. The van der Waals surface area contributed by atoms with E-state index in [-0.39, 0.29) is 0 Å². The molecular formula is C18H25NS. The highest BCUT2D eigenvalue weighted by atomic mass is 32.2. The largest absolute Gasteiger partial charge is 0.343 e. The Morgan fingerprint density at radius 3 is 2.55 bits per heavy atom. The highest BCUT2D eigenvalue weighted by Gasteiger charge is 2.43. The van der Waals surface area contributed by atoms with E-state index in [2.05, 4.69) is 48.4 Å². The van der Waals surface area contributed by atoms with Crippen molar-refractivity contribution >= 4 is 17.4 Å². The van der Waals surface area contributed by atoms with Crippen molar-refractivity contribution in [2.24, 2.45) is 11.8 Å². The predicted octanol–water partition coefficient (Wildman–Crippen LogP) is 5.70. The lowest BCUT2D eigenvalue weighted by atomic mass is 10.1. The number of rotatable bonds is 0. The number of thioether (sulfide) groups is 1. The Morgan fingerprint density at radius 2 is 1.80 bits per heavy atom. The van der Waals surface area contributed by atoms with Gasteiger partial charge in [0.2, 0.25) is 0 Å². The van der Waals surface area contributed by atoms with Crippen LogP contribution in [0.15, 0.2) is 51.9 Å². The number of fused-ring (bicyclic) bond motifs is 3. The third-order valence-electron chi connectivity index (χ3n) is 3.74. The van der Waals surface area contributed by atoms with Gasteiger partial charge in [-0.05, 0) is 36.5 Å². The third kappa shape index (κ3) is 2.54. The topological polar surface area (TPSA) is 3.24 Å². The Morgan fingerprint density at radius 1 is 1.10 bits per heavy atom. The molecule has 2 aliphatic carbocycles. The molecule has 2 atom stereocenters. The zero-order valence-corrected chi connectivity index (χ0v) is 14.0. The standard InChI is InChI=1S/C14H13NS.2C2H6/c1-15-11-4-2-3-5-13(11)16-14-10-8-9(10)6-7-12(14)15;2*1-2/h2-7,9-10H,8H2,1H3;2*1-2H3. The molecule has 1 aliphatic heterocycles. The molecule has 1 aromatic rings. The minimum Gasteiger partial charge on any atom is -0.343 e. The van der Waals surface area contributed by atoms with E-state index >= 15 is 0 Å². The van der Waals surface area contributed by atoms with Gasteiger partial charge in [0, 0.05) is 16.8 Å². The highest BCUT2D eigenvalue weighted by Crippen LogP contribution is 2.58. The van der Waals surface area contributed by atoms with Gasteiger partial charge in [0.1, 0.15) is 0 Å². The molecule has 0 N–H and O–H groups in total. The summed E-state index contributed by atoms with van der Waals surface area (Å²) in [6.45, 7) is 8.00. The van der Waals surface area contributed by atoms with E-state index in [1.807, 2.05) is 39.5 Å². The number of anilines is 1. The van der Waals surface area contributed by atoms with Crippen LogP contribution in [0.1, 0.15) is 34.1 Å². The molecule has 20 heavy (non-hydrogen) atoms. The van der Waals surface area contributed by atoms with Crippen molar-refractivity contribution in [1.29, 1.82) is 0 Å². The zero-order chi connectivity index (χ0) is 14.7. The van der Waals surface area contributed by atoms with E-state index in [1.54, 1.807) is 4.91 Å². The minimum absolute atomic E-state index is 0.820. The summed E-state index contributed by atoms with van der Waals surface area (Å²) >= 11 is 1.98. The van der Waals surface area contributed by atoms with Crippen LogP contribution in [0.4, 0.5) is 5.69 Å². The van der Waals surface area contributed by atoms with Crippen LogP contribution in [0, 0.1) is 11.8 Å². The molecule has 2 unspecified atom stereocenters. The van der Waals surface area contributed by atoms with E-state index in [4.69, 9.17) is 0 Å². The molecular weight excluding hydrogens is 262 g/mol. The van der Waals surface area contributed by atoms with Crippen LogP contribution in [0.3, 0.4) is 0 Å². The molecule has 108 valence electrons. The first-order valence-corrected chi connectivity index (χ1v) is 8.59. The second-order valence-corrected chi connectivity index (χ2v) is 5.83. The van der Waals surface area contributed by atoms with Crippen LogP contribution in [0.2, 0.25) is 0 Å². The van der Waals surface area contributed by atoms with E-state index < -0.39 is 0 Å². The molecule has 0 bridgehead atoms. The molecule has 1 nitrogen and oxygen atoms in total. The fourth-order valence-corrected chi connectivity index (χ4v) is 4.11. The number of likely N-dealkylation sites (N-methyl/N-ethyl adjacent to an activating group) is 1. The molecule has 1 heterocycles. The fourth-order valence-electron chi connectivity index (χ4n) is 2.69. The van der Waals surface area contributed by atoms with Crippen LogP contribution in [0.5, 0.6) is 0 Å². The summed E-state index contributed by atoms with van der Waals surface area (Å²) in [5.41, 5.74) is 2.76. The lowest BCUT2D eigenvalue weighted by Gasteiger charge is -2.32. The van der Waals surface area contributed by atoms with Crippen molar-refractivity contribution in [3.05, 3.63) is 47.0 Å². The van der Waals surface area contributed by atoms with Crippen molar-refractivity contribution in [2.45, 2.75) is 39.0 Å². The number of nitrogens with zero attached hydrogens (tertiary/aromatic N) is 1. The fraction of sp³-hybridized carbons (Fsp3) is 0.444. The van der Waals surface area contributed by atoms with E-state index in [0.717, 1.165) is 11.8 Å². The van der Waals surface area contributed by atoms with Gasteiger partial charge in [0.15, 0.2) is 0 Å². The summed E-state index contributed by atoms with van der Waals surface area (Å²) in [6.07, 6.45) is 6.05. The maximum absolute atomic E-state index is 2.38. The van der Waals surface area contributed by atoms with Gasteiger partial charge in [-0.2, -0.15) is 0 Å². The third-order valence-corrected chi connectivity index (χ3v) is 5.04. The lowest BCUT2D eigenvalue weighted by Crippen LogP contribution is -2.21. The molecule has 0 amide bonds. The summed E-state index contributed by atoms with van der Waals surface area (Å²) in [7, 11) is 2.18. The van der Waals surface area contributed by atoms with Crippen molar-refractivity contribution in [3.63, 3.8) is 0 Å². The molecule has 1 aromatic carbocycles. The first kappa shape index (κ1) is 15.2. The van der Waals surface area contributed by atoms with Crippen LogP contribution in [0.25, 0.3) is 0 Å².